The summed E-state index contributed by atoms with van der Waals surface area (Å²) in [5.74, 6) is 2.81. The zero-order valence-corrected chi connectivity index (χ0v) is 18.7. The molecule has 0 spiro atoms. The Kier molecular flexibility index (Phi) is 6.73. The molecule has 2 aromatic heterocycles. The summed E-state index contributed by atoms with van der Waals surface area (Å²) in [6.07, 6.45) is 5.06. The molecule has 0 bridgehead atoms. The van der Waals surface area contributed by atoms with E-state index in [2.05, 4.69) is 25.8 Å². The lowest BCUT2D eigenvalue weighted by atomic mass is 10.2. The lowest BCUT2D eigenvalue weighted by Gasteiger charge is -2.15. The predicted molar refractivity (Wildman–Crippen MR) is 124 cm³/mol. The van der Waals surface area contributed by atoms with Gasteiger partial charge in [-0.3, -0.25) is 4.57 Å². The van der Waals surface area contributed by atoms with E-state index in [-0.39, 0.29) is 0 Å². The predicted octanol–water partition coefficient (Wildman–Crippen LogP) is 4.12. The fourth-order valence-electron chi connectivity index (χ4n) is 3.07. The van der Waals surface area contributed by atoms with Gasteiger partial charge >= 0.3 is 6.03 Å². The lowest BCUT2D eigenvalue weighted by molar-refractivity contribution is 0.262. The molecule has 174 valence electrons. The molecule has 34 heavy (non-hydrogen) atoms. The van der Waals surface area contributed by atoms with Crippen LogP contribution in [0.5, 0.6) is 28.9 Å². The van der Waals surface area contributed by atoms with Crippen molar-refractivity contribution in [2.75, 3.05) is 32.0 Å². The molecule has 2 amide bonds. The summed E-state index contributed by atoms with van der Waals surface area (Å²) in [5.41, 5.74) is 1.04. The monoisotopic (exact) mass is 462 g/mol. The highest BCUT2D eigenvalue weighted by molar-refractivity contribution is 6.00. The Morgan fingerprint density at radius 2 is 1.56 bits per heavy atom. The molecule has 11 heteroatoms. The molecule has 0 aliphatic carbocycles. The van der Waals surface area contributed by atoms with Crippen molar-refractivity contribution in [1.29, 1.82) is 0 Å². The van der Waals surface area contributed by atoms with Crippen LogP contribution >= 0.6 is 0 Å². The molecule has 0 saturated heterocycles. The molecular formula is C23H22N6O5. The van der Waals surface area contributed by atoms with E-state index >= 15 is 0 Å². The molecular weight excluding hydrogens is 440 g/mol. The first-order valence-corrected chi connectivity index (χ1v) is 10.1. The molecule has 11 nitrogen and oxygen atoms in total. The van der Waals surface area contributed by atoms with Gasteiger partial charge < -0.3 is 29.6 Å². The van der Waals surface area contributed by atoms with Crippen LogP contribution in [-0.2, 0) is 0 Å². The summed E-state index contributed by atoms with van der Waals surface area (Å²) in [7, 11) is 4.52. The van der Waals surface area contributed by atoms with Gasteiger partial charge in [0.15, 0.2) is 17.3 Å². The van der Waals surface area contributed by atoms with Crippen molar-refractivity contribution in [3.8, 4) is 34.7 Å². The van der Waals surface area contributed by atoms with E-state index in [4.69, 9.17) is 18.9 Å². The number of hydrogen-bond donors (Lipinski definition) is 2. The van der Waals surface area contributed by atoms with Crippen LogP contribution < -0.4 is 29.6 Å². The molecule has 0 radical (unpaired) electrons. The highest BCUT2D eigenvalue weighted by Gasteiger charge is 2.14. The molecule has 2 N–H and O–H groups in total. The third-order valence-electron chi connectivity index (χ3n) is 4.65. The number of hydrogen-bond acceptors (Lipinski definition) is 8. The summed E-state index contributed by atoms with van der Waals surface area (Å²) in [5, 5.41) is 13.7. The standard InChI is InChI=1S/C23H22N6O5/c1-31-18-12-16(13-19(32-2)22(18)33-3)26-23(30)25-15-4-6-17(7-5-15)34-21-9-8-20(27-28-21)29-11-10-24-14-29/h4-14H,1-3H3,(H2,25,26,30). The molecule has 0 atom stereocenters. The van der Waals surface area contributed by atoms with Gasteiger partial charge in [-0.05, 0) is 30.3 Å². The minimum absolute atomic E-state index is 0.338. The number of ether oxygens (including phenoxy) is 4. The zero-order chi connectivity index (χ0) is 23.9. The topological polar surface area (TPSA) is 122 Å². The molecule has 0 aliphatic rings. The Labute approximate surface area is 195 Å². The number of nitrogens with one attached hydrogen (secondary N) is 2. The van der Waals surface area contributed by atoms with Crippen LogP contribution in [0.2, 0.25) is 0 Å². The molecule has 2 aromatic carbocycles. The third kappa shape index (κ3) is 5.15. The molecule has 0 aliphatic heterocycles. The van der Waals surface area contributed by atoms with E-state index in [1.165, 1.54) is 21.3 Å². The van der Waals surface area contributed by atoms with Gasteiger partial charge in [0.05, 0.1) is 27.0 Å². The Balaban J connectivity index is 1.37. The minimum atomic E-state index is -0.441. The number of benzene rings is 2. The second-order valence-corrected chi connectivity index (χ2v) is 6.82. The van der Waals surface area contributed by atoms with Crippen molar-refractivity contribution in [1.82, 2.24) is 19.7 Å². The van der Waals surface area contributed by atoms with Gasteiger partial charge in [-0.15, -0.1) is 10.2 Å². The number of urea groups is 1. The average molecular weight is 462 g/mol. The lowest BCUT2D eigenvalue weighted by Crippen LogP contribution is -2.19. The van der Waals surface area contributed by atoms with E-state index in [0.717, 1.165) is 0 Å². The summed E-state index contributed by atoms with van der Waals surface area (Å²) >= 11 is 0. The Hall–Kier alpha value is -4.80. The van der Waals surface area contributed by atoms with Crippen LogP contribution in [0.25, 0.3) is 5.82 Å². The molecule has 0 fully saturated rings. The van der Waals surface area contributed by atoms with Crippen LogP contribution in [0, 0.1) is 0 Å². The van der Waals surface area contributed by atoms with Gasteiger partial charge in [-0.1, -0.05) is 0 Å². The number of carbonyl (C=O) groups excluding carboxylic acids is 1. The van der Waals surface area contributed by atoms with E-state index < -0.39 is 6.03 Å². The van der Waals surface area contributed by atoms with Crippen LogP contribution in [0.15, 0.2) is 67.3 Å². The number of carbonyl (C=O) groups is 1. The maximum atomic E-state index is 12.4. The maximum absolute atomic E-state index is 12.4. The number of anilines is 2. The molecule has 4 aromatic rings. The first-order chi connectivity index (χ1) is 16.6. The first kappa shape index (κ1) is 22.4. The number of imidazole rings is 1. The first-order valence-electron chi connectivity index (χ1n) is 10.1. The summed E-state index contributed by atoms with van der Waals surface area (Å²) in [4.78, 5) is 16.4. The number of aromatic nitrogens is 4. The van der Waals surface area contributed by atoms with Crippen LogP contribution in [-0.4, -0.2) is 47.1 Å². The zero-order valence-electron chi connectivity index (χ0n) is 18.7. The van der Waals surface area contributed by atoms with E-state index in [9.17, 15) is 4.79 Å². The minimum Gasteiger partial charge on any atom is -0.493 e. The number of methoxy groups -OCH3 is 3. The smallest absolute Gasteiger partial charge is 0.323 e. The summed E-state index contributed by atoms with van der Waals surface area (Å²) < 4.78 is 23.3. The molecule has 0 unspecified atom stereocenters. The van der Waals surface area contributed by atoms with Crippen molar-refractivity contribution in [2.24, 2.45) is 0 Å². The highest BCUT2D eigenvalue weighted by atomic mass is 16.5. The van der Waals surface area contributed by atoms with Crippen LogP contribution in [0.1, 0.15) is 0 Å². The van der Waals surface area contributed by atoms with E-state index in [1.807, 2.05) is 0 Å². The van der Waals surface area contributed by atoms with Gasteiger partial charge in [0.1, 0.15) is 12.1 Å². The number of rotatable bonds is 8. The van der Waals surface area contributed by atoms with Crippen molar-refractivity contribution < 1.29 is 23.7 Å². The van der Waals surface area contributed by atoms with Crippen molar-refractivity contribution in [2.45, 2.75) is 0 Å². The fourth-order valence-corrected chi connectivity index (χ4v) is 3.07. The van der Waals surface area contributed by atoms with Crippen molar-refractivity contribution >= 4 is 17.4 Å². The number of amides is 2. The Morgan fingerprint density at radius 1 is 0.853 bits per heavy atom. The van der Waals surface area contributed by atoms with E-state index in [1.54, 1.807) is 71.8 Å². The normalized spacial score (nSPS) is 10.3. The van der Waals surface area contributed by atoms with Gasteiger partial charge in [0.25, 0.3) is 0 Å². The fraction of sp³-hybridized carbons (Fsp3) is 0.130. The SMILES string of the molecule is COc1cc(NC(=O)Nc2ccc(Oc3ccc(-n4ccnc4)nn3)cc2)cc(OC)c1OC. The summed E-state index contributed by atoms with van der Waals surface area (Å²) in [6, 6.07) is 13.1. The quantitative estimate of drug-likeness (QED) is 0.401. The maximum Gasteiger partial charge on any atom is 0.323 e. The van der Waals surface area contributed by atoms with Crippen molar-refractivity contribution in [3.63, 3.8) is 0 Å². The largest absolute Gasteiger partial charge is 0.493 e. The third-order valence-corrected chi connectivity index (χ3v) is 4.65. The Bertz CT molecular complexity index is 1220. The number of nitrogens with zero attached hydrogens (tertiary/aromatic N) is 4. The van der Waals surface area contributed by atoms with Gasteiger partial charge in [0, 0.05) is 36.3 Å². The highest BCUT2D eigenvalue weighted by Crippen LogP contribution is 2.40. The van der Waals surface area contributed by atoms with Gasteiger partial charge in [-0.2, -0.15) is 0 Å². The average Bonchev–Trinajstić information content (AvgIpc) is 3.40. The van der Waals surface area contributed by atoms with Crippen molar-refractivity contribution in [3.05, 3.63) is 67.3 Å². The molecule has 0 saturated carbocycles. The van der Waals surface area contributed by atoms with Crippen LogP contribution in [0.4, 0.5) is 16.2 Å². The molecule has 4 rings (SSSR count). The Morgan fingerprint density at radius 3 is 2.12 bits per heavy atom. The van der Waals surface area contributed by atoms with Gasteiger partial charge in [-0.25, -0.2) is 9.78 Å². The van der Waals surface area contributed by atoms with Gasteiger partial charge in [0.2, 0.25) is 11.6 Å². The van der Waals surface area contributed by atoms with E-state index in [0.29, 0.717) is 46.1 Å². The van der Waals surface area contributed by atoms with Crippen LogP contribution in [0.3, 0.4) is 0 Å². The summed E-state index contributed by atoms with van der Waals surface area (Å²) in [6.45, 7) is 0. The second kappa shape index (κ2) is 10.2. The second-order valence-electron chi connectivity index (χ2n) is 6.82. The molecule has 2 heterocycles.